The molecular formula is C18H22N2O2. The molecule has 1 aliphatic heterocycles. The molecule has 0 unspecified atom stereocenters. The van der Waals surface area contributed by atoms with Crippen molar-refractivity contribution in [1.82, 2.24) is 5.32 Å². The quantitative estimate of drug-likeness (QED) is 0.931. The number of nitrogens with one attached hydrogen (secondary N) is 1. The van der Waals surface area contributed by atoms with Crippen molar-refractivity contribution in [2.24, 2.45) is 17.8 Å². The standard InChI is InChI=1S/C18H22N2O2/c21-17-10-14(11-20(17)15-4-2-1-3-5-15)18(22)19-16-9-12-6-7-13(16)8-12/h1-5,12-14,16H,6-11H2,(H,19,22)/t12-,13-,14-,16-/m0/s1. The number of nitrogens with zero attached hydrogens (tertiary/aromatic N) is 1. The molecule has 0 aromatic heterocycles. The second kappa shape index (κ2) is 5.41. The van der Waals surface area contributed by atoms with Crippen LogP contribution in [0.2, 0.25) is 0 Å². The number of rotatable bonds is 3. The van der Waals surface area contributed by atoms with Gasteiger partial charge < -0.3 is 10.2 Å². The van der Waals surface area contributed by atoms with E-state index in [0.717, 1.165) is 18.0 Å². The highest BCUT2D eigenvalue weighted by Gasteiger charge is 2.42. The Labute approximate surface area is 130 Å². The van der Waals surface area contributed by atoms with E-state index in [9.17, 15) is 9.59 Å². The van der Waals surface area contributed by atoms with E-state index in [2.05, 4.69) is 5.32 Å². The lowest BCUT2D eigenvalue weighted by Gasteiger charge is -2.24. The SMILES string of the molecule is O=C(N[C@H]1C[C@H]2CC[C@H]1C2)[C@H]1CC(=O)N(c2ccccc2)C1. The van der Waals surface area contributed by atoms with E-state index in [1.54, 1.807) is 4.90 Å². The van der Waals surface area contributed by atoms with Crippen LogP contribution in [0.15, 0.2) is 30.3 Å². The van der Waals surface area contributed by atoms with Gasteiger partial charge in [0.05, 0.1) is 5.92 Å². The molecule has 2 amide bonds. The number of anilines is 1. The predicted molar refractivity (Wildman–Crippen MR) is 84.3 cm³/mol. The molecule has 4 rings (SSSR count). The lowest BCUT2D eigenvalue weighted by molar-refractivity contribution is -0.127. The molecule has 1 saturated heterocycles. The largest absolute Gasteiger partial charge is 0.353 e. The molecule has 0 spiro atoms. The second-order valence-corrected chi connectivity index (χ2v) is 7.03. The van der Waals surface area contributed by atoms with Crippen LogP contribution in [-0.4, -0.2) is 24.4 Å². The molecular weight excluding hydrogens is 276 g/mol. The molecule has 1 N–H and O–H groups in total. The van der Waals surface area contributed by atoms with Crippen molar-refractivity contribution < 1.29 is 9.59 Å². The molecule has 22 heavy (non-hydrogen) atoms. The van der Waals surface area contributed by atoms with E-state index in [1.165, 1.54) is 19.3 Å². The average Bonchev–Trinajstić information content (AvgIpc) is 3.23. The minimum absolute atomic E-state index is 0.0549. The van der Waals surface area contributed by atoms with Crippen molar-refractivity contribution in [3.63, 3.8) is 0 Å². The topological polar surface area (TPSA) is 49.4 Å². The summed E-state index contributed by atoms with van der Waals surface area (Å²) >= 11 is 0. The van der Waals surface area contributed by atoms with Crippen LogP contribution in [0, 0.1) is 17.8 Å². The summed E-state index contributed by atoms with van der Waals surface area (Å²) < 4.78 is 0. The maximum atomic E-state index is 12.5. The zero-order valence-electron chi connectivity index (χ0n) is 12.7. The van der Waals surface area contributed by atoms with Crippen molar-refractivity contribution in [3.05, 3.63) is 30.3 Å². The van der Waals surface area contributed by atoms with E-state index in [4.69, 9.17) is 0 Å². The fourth-order valence-corrected chi connectivity index (χ4v) is 4.46. The van der Waals surface area contributed by atoms with Crippen molar-refractivity contribution >= 4 is 17.5 Å². The molecule has 1 aromatic rings. The molecule has 116 valence electrons. The summed E-state index contributed by atoms with van der Waals surface area (Å²) in [4.78, 5) is 26.5. The molecule has 3 fully saturated rings. The molecule has 2 aliphatic carbocycles. The molecule has 4 atom stereocenters. The van der Waals surface area contributed by atoms with Crippen LogP contribution in [-0.2, 0) is 9.59 Å². The molecule has 2 saturated carbocycles. The van der Waals surface area contributed by atoms with Gasteiger partial charge in [-0.3, -0.25) is 9.59 Å². The zero-order chi connectivity index (χ0) is 15.1. The molecule has 1 aromatic carbocycles. The highest BCUT2D eigenvalue weighted by Crippen LogP contribution is 2.44. The maximum absolute atomic E-state index is 12.5. The first-order valence-corrected chi connectivity index (χ1v) is 8.36. The van der Waals surface area contributed by atoms with Gasteiger partial charge in [0, 0.05) is 24.7 Å². The van der Waals surface area contributed by atoms with Gasteiger partial charge in [-0.1, -0.05) is 24.6 Å². The normalized spacial score (nSPS) is 33.5. The molecule has 1 heterocycles. The number of carbonyl (C=O) groups is 2. The van der Waals surface area contributed by atoms with Crippen LogP contribution >= 0.6 is 0 Å². The summed E-state index contributed by atoms with van der Waals surface area (Å²) in [6.45, 7) is 0.509. The summed E-state index contributed by atoms with van der Waals surface area (Å²) in [5.41, 5.74) is 0.891. The van der Waals surface area contributed by atoms with Crippen molar-refractivity contribution in [3.8, 4) is 0 Å². The Balaban J connectivity index is 1.39. The summed E-state index contributed by atoms with van der Waals surface area (Å²) in [7, 11) is 0. The van der Waals surface area contributed by atoms with Crippen LogP contribution in [0.4, 0.5) is 5.69 Å². The number of fused-ring (bicyclic) bond motifs is 2. The minimum atomic E-state index is -0.202. The van der Waals surface area contributed by atoms with E-state index in [1.807, 2.05) is 30.3 Å². The van der Waals surface area contributed by atoms with Crippen molar-refractivity contribution in [2.75, 3.05) is 11.4 Å². The molecule has 4 nitrogen and oxygen atoms in total. The maximum Gasteiger partial charge on any atom is 0.227 e. The highest BCUT2D eigenvalue weighted by molar-refractivity contribution is 6.00. The molecule has 3 aliphatic rings. The minimum Gasteiger partial charge on any atom is -0.353 e. The fraction of sp³-hybridized carbons (Fsp3) is 0.556. The van der Waals surface area contributed by atoms with E-state index in [-0.39, 0.29) is 17.7 Å². The Morgan fingerprint density at radius 3 is 2.64 bits per heavy atom. The Kier molecular flexibility index (Phi) is 3.40. The number of amides is 2. The summed E-state index contributed by atoms with van der Waals surface area (Å²) in [5, 5.41) is 3.23. The lowest BCUT2D eigenvalue weighted by atomic mass is 9.94. The number of para-hydroxylation sites is 1. The third kappa shape index (κ3) is 2.40. The van der Waals surface area contributed by atoms with Gasteiger partial charge >= 0.3 is 0 Å². The first-order chi connectivity index (χ1) is 10.7. The van der Waals surface area contributed by atoms with Gasteiger partial charge in [-0.15, -0.1) is 0 Å². The number of hydrogen-bond donors (Lipinski definition) is 1. The van der Waals surface area contributed by atoms with Gasteiger partial charge in [-0.2, -0.15) is 0 Å². The van der Waals surface area contributed by atoms with E-state index < -0.39 is 0 Å². The Hall–Kier alpha value is -1.84. The number of benzene rings is 1. The van der Waals surface area contributed by atoms with Crippen LogP contribution in [0.25, 0.3) is 0 Å². The van der Waals surface area contributed by atoms with Gasteiger partial charge in [0.1, 0.15) is 0 Å². The first kappa shape index (κ1) is 13.8. The van der Waals surface area contributed by atoms with Crippen LogP contribution in [0.5, 0.6) is 0 Å². The molecule has 0 radical (unpaired) electrons. The first-order valence-electron chi connectivity index (χ1n) is 8.36. The zero-order valence-corrected chi connectivity index (χ0v) is 12.7. The van der Waals surface area contributed by atoms with Gasteiger partial charge in [0.2, 0.25) is 11.8 Å². The second-order valence-electron chi connectivity index (χ2n) is 7.03. The van der Waals surface area contributed by atoms with Gasteiger partial charge in [-0.05, 0) is 43.2 Å². The van der Waals surface area contributed by atoms with Gasteiger partial charge in [0.25, 0.3) is 0 Å². The van der Waals surface area contributed by atoms with E-state index >= 15 is 0 Å². The molecule has 2 bridgehead atoms. The van der Waals surface area contributed by atoms with Crippen molar-refractivity contribution in [1.29, 1.82) is 0 Å². The Morgan fingerprint density at radius 1 is 1.14 bits per heavy atom. The summed E-state index contributed by atoms with van der Waals surface area (Å²) in [6.07, 6.45) is 5.35. The third-order valence-electron chi connectivity index (χ3n) is 5.63. The summed E-state index contributed by atoms with van der Waals surface area (Å²) in [6, 6.07) is 9.98. The summed E-state index contributed by atoms with van der Waals surface area (Å²) in [5.74, 6) is 1.42. The monoisotopic (exact) mass is 298 g/mol. The fourth-order valence-electron chi connectivity index (χ4n) is 4.46. The third-order valence-corrected chi connectivity index (χ3v) is 5.63. The highest BCUT2D eigenvalue weighted by atomic mass is 16.2. The number of carbonyl (C=O) groups excluding carboxylic acids is 2. The van der Waals surface area contributed by atoms with Crippen LogP contribution in [0.1, 0.15) is 32.1 Å². The van der Waals surface area contributed by atoms with Gasteiger partial charge in [-0.25, -0.2) is 0 Å². The van der Waals surface area contributed by atoms with Crippen LogP contribution < -0.4 is 10.2 Å². The Morgan fingerprint density at radius 2 is 1.95 bits per heavy atom. The predicted octanol–water partition coefficient (Wildman–Crippen LogP) is 2.34. The van der Waals surface area contributed by atoms with Gasteiger partial charge in [0.15, 0.2) is 0 Å². The Bertz CT molecular complexity index is 586. The molecule has 4 heteroatoms. The average molecular weight is 298 g/mol. The van der Waals surface area contributed by atoms with E-state index in [0.29, 0.717) is 24.9 Å². The van der Waals surface area contributed by atoms with Crippen molar-refractivity contribution in [2.45, 2.75) is 38.1 Å². The van der Waals surface area contributed by atoms with Crippen LogP contribution in [0.3, 0.4) is 0 Å². The smallest absolute Gasteiger partial charge is 0.227 e. The lowest BCUT2D eigenvalue weighted by Crippen LogP contribution is -2.42. The number of hydrogen-bond acceptors (Lipinski definition) is 2.